The lowest BCUT2D eigenvalue weighted by atomic mass is 10.1. The number of hydrogen-bond acceptors (Lipinski definition) is 2. The van der Waals surface area contributed by atoms with Gasteiger partial charge in [-0.2, -0.15) is 0 Å². The zero-order valence-corrected chi connectivity index (χ0v) is 9.88. The van der Waals surface area contributed by atoms with Gasteiger partial charge in [0.25, 0.3) is 0 Å². The van der Waals surface area contributed by atoms with Crippen molar-refractivity contribution >= 4 is 5.97 Å². The summed E-state index contributed by atoms with van der Waals surface area (Å²) in [7, 11) is 0. The number of rotatable bonds is 6. The molecule has 1 aliphatic carbocycles. The van der Waals surface area contributed by atoms with E-state index in [1.807, 2.05) is 0 Å². The molecule has 1 saturated carbocycles. The molecule has 0 spiro atoms. The van der Waals surface area contributed by atoms with E-state index in [2.05, 4.69) is 5.32 Å². The second kappa shape index (κ2) is 5.02. The van der Waals surface area contributed by atoms with E-state index in [4.69, 9.17) is 5.11 Å². The normalized spacial score (nSPS) is 16.6. The summed E-state index contributed by atoms with van der Waals surface area (Å²) in [5, 5.41) is 12.0. The van der Waals surface area contributed by atoms with E-state index < -0.39 is 23.0 Å². The molecule has 18 heavy (non-hydrogen) atoms. The van der Waals surface area contributed by atoms with Gasteiger partial charge >= 0.3 is 5.97 Å². The number of benzene rings is 1. The van der Waals surface area contributed by atoms with Crippen LogP contribution in [0, 0.1) is 17.0 Å². The molecule has 0 heterocycles. The van der Waals surface area contributed by atoms with Crippen molar-refractivity contribution in [3.8, 4) is 0 Å². The van der Waals surface area contributed by atoms with Crippen LogP contribution in [-0.2, 0) is 11.2 Å². The highest BCUT2D eigenvalue weighted by atomic mass is 19.2. The highest BCUT2D eigenvalue weighted by Crippen LogP contribution is 2.45. The molecular formula is C13H15F2NO2. The Balaban J connectivity index is 1.75. The molecule has 0 unspecified atom stereocenters. The van der Waals surface area contributed by atoms with Crippen LogP contribution >= 0.6 is 0 Å². The van der Waals surface area contributed by atoms with Gasteiger partial charge in [0.15, 0.2) is 11.6 Å². The maximum Gasteiger partial charge on any atom is 0.310 e. The van der Waals surface area contributed by atoms with Gasteiger partial charge < -0.3 is 10.4 Å². The molecule has 2 N–H and O–H groups in total. The van der Waals surface area contributed by atoms with Crippen LogP contribution in [0.3, 0.4) is 0 Å². The number of halogens is 2. The lowest BCUT2D eigenvalue weighted by Gasteiger charge is -2.10. The van der Waals surface area contributed by atoms with E-state index >= 15 is 0 Å². The standard InChI is InChI=1S/C13H15F2NO2/c14-10-2-1-9(7-11(10)15)3-6-16-8-13(4-5-13)12(17)18/h1-2,7,16H,3-6,8H2,(H,17,18). The Bertz CT molecular complexity index is 458. The molecule has 0 saturated heterocycles. The van der Waals surface area contributed by atoms with E-state index in [1.165, 1.54) is 12.1 Å². The Labute approximate surface area is 104 Å². The van der Waals surface area contributed by atoms with Crippen molar-refractivity contribution in [2.24, 2.45) is 5.41 Å². The third kappa shape index (κ3) is 2.85. The van der Waals surface area contributed by atoms with Crippen molar-refractivity contribution in [2.45, 2.75) is 19.3 Å². The van der Waals surface area contributed by atoms with Gasteiger partial charge in [0.1, 0.15) is 0 Å². The third-order valence-electron chi connectivity index (χ3n) is 3.35. The van der Waals surface area contributed by atoms with Gasteiger partial charge in [-0.1, -0.05) is 6.07 Å². The summed E-state index contributed by atoms with van der Waals surface area (Å²) in [4.78, 5) is 10.9. The Kier molecular flexibility index (Phi) is 3.61. The van der Waals surface area contributed by atoms with Crippen LogP contribution in [0.15, 0.2) is 18.2 Å². The second-order valence-electron chi connectivity index (χ2n) is 4.76. The fourth-order valence-electron chi connectivity index (χ4n) is 1.87. The highest BCUT2D eigenvalue weighted by molar-refractivity contribution is 5.78. The minimum atomic E-state index is -0.852. The Morgan fingerprint density at radius 2 is 2.06 bits per heavy atom. The summed E-state index contributed by atoms with van der Waals surface area (Å²) >= 11 is 0. The largest absolute Gasteiger partial charge is 0.481 e. The van der Waals surface area contributed by atoms with Crippen molar-refractivity contribution in [1.82, 2.24) is 5.32 Å². The van der Waals surface area contributed by atoms with Gasteiger partial charge in [-0.3, -0.25) is 4.79 Å². The minimum absolute atomic E-state index is 0.437. The Morgan fingerprint density at radius 1 is 1.33 bits per heavy atom. The average molecular weight is 255 g/mol. The number of nitrogens with one attached hydrogen (secondary N) is 1. The van der Waals surface area contributed by atoms with E-state index in [-0.39, 0.29) is 0 Å². The molecule has 1 aliphatic rings. The van der Waals surface area contributed by atoms with Crippen LogP contribution in [0.4, 0.5) is 8.78 Å². The maximum atomic E-state index is 12.9. The van der Waals surface area contributed by atoms with Gasteiger partial charge in [0.2, 0.25) is 0 Å². The monoisotopic (exact) mass is 255 g/mol. The molecule has 3 nitrogen and oxygen atoms in total. The van der Waals surface area contributed by atoms with E-state index in [0.717, 1.165) is 6.07 Å². The number of hydrogen-bond donors (Lipinski definition) is 2. The molecule has 0 bridgehead atoms. The summed E-state index contributed by atoms with van der Waals surface area (Å²) < 4.78 is 25.6. The van der Waals surface area contributed by atoms with Gasteiger partial charge in [-0.25, -0.2) is 8.78 Å². The molecule has 98 valence electrons. The maximum absolute atomic E-state index is 12.9. The summed E-state index contributed by atoms with van der Waals surface area (Å²) in [5.74, 6) is -2.46. The van der Waals surface area contributed by atoms with Gasteiger partial charge in [-0.15, -0.1) is 0 Å². The fourth-order valence-corrected chi connectivity index (χ4v) is 1.87. The van der Waals surface area contributed by atoms with Crippen LogP contribution in [0.5, 0.6) is 0 Å². The molecule has 0 aromatic heterocycles. The first kappa shape index (κ1) is 13.0. The molecule has 0 amide bonds. The summed E-state index contributed by atoms with van der Waals surface area (Å²) in [6.45, 7) is 0.992. The first-order chi connectivity index (χ1) is 8.53. The van der Waals surface area contributed by atoms with Crippen molar-refractivity contribution in [2.75, 3.05) is 13.1 Å². The fraction of sp³-hybridized carbons (Fsp3) is 0.462. The number of carbonyl (C=O) groups is 1. The molecule has 0 aliphatic heterocycles. The zero-order chi connectivity index (χ0) is 13.2. The predicted molar refractivity (Wildman–Crippen MR) is 62.2 cm³/mol. The highest BCUT2D eigenvalue weighted by Gasteiger charge is 2.49. The number of carboxylic acids is 1. The van der Waals surface area contributed by atoms with E-state index in [1.54, 1.807) is 0 Å². The third-order valence-corrected chi connectivity index (χ3v) is 3.35. The van der Waals surface area contributed by atoms with Gasteiger partial charge in [0.05, 0.1) is 5.41 Å². The molecular weight excluding hydrogens is 240 g/mol. The molecule has 1 aromatic rings. The quantitative estimate of drug-likeness (QED) is 0.764. The lowest BCUT2D eigenvalue weighted by Crippen LogP contribution is -2.31. The first-order valence-electron chi connectivity index (χ1n) is 5.92. The number of carboxylic acid groups (broad SMARTS) is 1. The smallest absolute Gasteiger partial charge is 0.310 e. The van der Waals surface area contributed by atoms with E-state index in [0.29, 0.717) is 37.9 Å². The zero-order valence-electron chi connectivity index (χ0n) is 9.88. The molecule has 0 radical (unpaired) electrons. The van der Waals surface area contributed by atoms with Crippen LogP contribution in [-0.4, -0.2) is 24.2 Å². The Morgan fingerprint density at radius 3 is 2.61 bits per heavy atom. The van der Waals surface area contributed by atoms with Crippen molar-refractivity contribution in [3.63, 3.8) is 0 Å². The molecule has 5 heteroatoms. The molecule has 0 atom stereocenters. The van der Waals surface area contributed by atoms with Crippen LogP contribution in [0.1, 0.15) is 18.4 Å². The van der Waals surface area contributed by atoms with Crippen LogP contribution in [0.25, 0.3) is 0 Å². The minimum Gasteiger partial charge on any atom is -0.481 e. The first-order valence-corrected chi connectivity index (χ1v) is 5.92. The average Bonchev–Trinajstić information content (AvgIpc) is 3.10. The van der Waals surface area contributed by atoms with Gasteiger partial charge in [-0.05, 0) is 43.5 Å². The van der Waals surface area contributed by atoms with Crippen molar-refractivity contribution in [1.29, 1.82) is 0 Å². The summed E-state index contributed by atoms with van der Waals surface area (Å²) in [5.41, 5.74) is 0.107. The second-order valence-corrected chi connectivity index (χ2v) is 4.76. The predicted octanol–water partition coefficient (Wildman–Crippen LogP) is 1.96. The Hall–Kier alpha value is -1.49. The van der Waals surface area contributed by atoms with Crippen molar-refractivity contribution < 1.29 is 18.7 Å². The summed E-state index contributed by atoms with van der Waals surface area (Å²) in [6, 6.07) is 3.80. The summed E-state index contributed by atoms with van der Waals surface area (Å²) in [6.07, 6.45) is 1.97. The molecule has 1 aromatic carbocycles. The lowest BCUT2D eigenvalue weighted by molar-refractivity contribution is -0.143. The van der Waals surface area contributed by atoms with Crippen LogP contribution < -0.4 is 5.32 Å². The molecule has 1 fully saturated rings. The van der Waals surface area contributed by atoms with Crippen molar-refractivity contribution in [3.05, 3.63) is 35.4 Å². The van der Waals surface area contributed by atoms with Crippen LogP contribution in [0.2, 0.25) is 0 Å². The topological polar surface area (TPSA) is 49.3 Å². The van der Waals surface area contributed by atoms with E-state index in [9.17, 15) is 13.6 Å². The number of aliphatic carboxylic acids is 1. The van der Waals surface area contributed by atoms with Gasteiger partial charge in [0, 0.05) is 6.54 Å². The SMILES string of the molecule is O=C(O)C1(CNCCc2ccc(F)c(F)c2)CC1. The molecule has 2 rings (SSSR count).